The highest BCUT2D eigenvalue weighted by molar-refractivity contribution is 5.79. The fourth-order valence-electron chi connectivity index (χ4n) is 1.63. The molecule has 0 bridgehead atoms. The van der Waals surface area contributed by atoms with E-state index in [0.717, 1.165) is 28.8 Å². The van der Waals surface area contributed by atoms with Gasteiger partial charge in [-0.1, -0.05) is 0 Å². The average molecular weight is 202 g/mol. The number of hydrogen-bond acceptors (Lipinski definition) is 5. The molecule has 5 heteroatoms. The van der Waals surface area contributed by atoms with Crippen LogP contribution in [0.4, 0.5) is 5.69 Å². The molecule has 0 spiro atoms. The molecule has 0 unspecified atom stereocenters. The van der Waals surface area contributed by atoms with Gasteiger partial charge >= 0.3 is 0 Å². The number of anilines is 1. The van der Waals surface area contributed by atoms with Gasteiger partial charge in [-0.3, -0.25) is 10.3 Å². The van der Waals surface area contributed by atoms with Crippen molar-refractivity contribution in [2.24, 2.45) is 0 Å². The Bertz CT molecular complexity index is 455. The van der Waals surface area contributed by atoms with Crippen LogP contribution in [0.3, 0.4) is 0 Å². The third-order valence-corrected chi connectivity index (χ3v) is 2.37. The van der Waals surface area contributed by atoms with Crippen LogP contribution in [0, 0.1) is 0 Å². The molecule has 1 aliphatic heterocycles. The lowest BCUT2D eigenvalue weighted by molar-refractivity contribution is 0.0633. The third kappa shape index (κ3) is 1.51. The van der Waals surface area contributed by atoms with Crippen LogP contribution in [0.15, 0.2) is 24.4 Å². The van der Waals surface area contributed by atoms with Gasteiger partial charge in [0, 0.05) is 18.0 Å². The number of nitrogens with zero attached hydrogens (tertiary/aromatic N) is 2. The Morgan fingerprint density at radius 2 is 2.40 bits per heavy atom. The minimum Gasteiger partial charge on any atom is -0.297 e. The lowest BCUT2D eigenvalue weighted by atomic mass is 10.2. The predicted octanol–water partition coefficient (Wildman–Crippen LogP) is 1.03. The van der Waals surface area contributed by atoms with Gasteiger partial charge < -0.3 is 0 Å². The highest BCUT2D eigenvalue weighted by Crippen LogP contribution is 2.20. The molecular formula is C10H10N4O. The molecule has 0 radical (unpaired) electrons. The summed E-state index contributed by atoms with van der Waals surface area (Å²) in [6.07, 6.45) is 2.53. The molecule has 2 aromatic heterocycles. The Morgan fingerprint density at radius 1 is 1.40 bits per heavy atom. The smallest absolute Gasteiger partial charge is 0.159 e. The zero-order valence-electron chi connectivity index (χ0n) is 8.03. The summed E-state index contributed by atoms with van der Waals surface area (Å²) in [7, 11) is 0. The summed E-state index contributed by atoms with van der Waals surface area (Å²) < 4.78 is 0. The number of nitrogens with one attached hydrogen (secondary N) is 2. The van der Waals surface area contributed by atoms with Crippen LogP contribution in [-0.2, 0) is 11.3 Å². The Balaban J connectivity index is 2.20. The lowest BCUT2D eigenvalue weighted by Crippen LogP contribution is -2.20. The number of fused-ring (bicyclic) bond motifs is 2. The van der Waals surface area contributed by atoms with Crippen molar-refractivity contribution in [2.75, 3.05) is 12.0 Å². The molecule has 2 aromatic rings. The van der Waals surface area contributed by atoms with Crippen LogP contribution in [0.2, 0.25) is 0 Å². The average Bonchev–Trinajstić information content (AvgIpc) is 2.50. The van der Waals surface area contributed by atoms with Crippen molar-refractivity contribution >= 4 is 16.7 Å². The second kappa shape index (κ2) is 3.45. The normalized spacial score (nSPS) is 15.5. The van der Waals surface area contributed by atoms with Crippen LogP contribution in [0.5, 0.6) is 0 Å². The maximum Gasteiger partial charge on any atom is 0.159 e. The quantitative estimate of drug-likeness (QED) is 0.668. The van der Waals surface area contributed by atoms with Gasteiger partial charge in [0.05, 0.1) is 18.0 Å². The fraction of sp³-hybridized carbons (Fsp3) is 0.200. The summed E-state index contributed by atoms with van der Waals surface area (Å²) in [5.74, 6) is 0. The maximum absolute atomic E-state index is 5.08. The van der Waals surface area contributed by atoms with Gasteiger partial charge in [-0.25, -0.2) is 9.97 Å². The second-order valence-electron chi connectivity index (χ2n) is 3.36. The van der Waals surface area contributed by atoms with E-state index in [1.807, 2.05) is 18.2 Å². The van der Waals surface area contributed by atoms with Crippen molar-refractivity contribution < 1.29 is 4.84 Å². The van der Waals surface area contributed by atoms with Crippen molar-refractivity contribution in [3.8, 4) is 0 Å². The summed E-state index contributed by atoms with van der Waals surface area (Å²) in [6, 6.07) is 5.91. The fourth-order valence-corrected chi connectivity index (χ4v) is 1.63. The van der Waals surface area contributed by atoms with Gasteiger partial charge in [0.25, 0.3) is 0 Å². The molecule has 0 fully saturated rings. The Kier molecular flexibility index (Phi) is 1.97. The molecule has 0 aromatic carbocycles. The maximum atomic E-state index is 5.08. The molecule has 3 rings (SSSR count). The minimum absolute atomic E-state index is 0.603. The molecule has 76 valence electrons. The molecule has 1 aliphatic rings. The third-order valence-electron chi connectivity index (χ3n) is 2.37. The monoisotopic (exact) mass is 202 g/mol. The molecular weight excluding hydrogens is 192 g/mol. The van der Waals surface area contributed by atoms with Gasteiger partial charge in [-0.15, -0.1) is 5.59 Å². The van der Waals surface area contributed by atoms with Gasteiger partial charge in [0.1, 0.15) is 0 Å². The van der Waals surface area contributed by atoms with Crippen molar-refractivity contribution in [2.45, 2.75) is 6.42 Å². The van der Waals surface area contributed by atoms with E-state index in [-0.39, 0.29) is 0 Å². The Labute approximate surface area is 86.4 Å². The summed E-state index contributed by atoms with van der Waals surface area (Å²) in [5, 5.41) is 1.02. The van der Waals surface area contributed by atoms with Crippen molar-refractivity contribution in [3.05, 3.63) is 30.1 Å². The SMILES string of the molecule is c1cnc2nc3c(cc2c1)NNOCC3. The molecule has 0 saturated carbocycles. The van der Waals surface area contributed by atoms with Crippen LogP contribution in [0.1, 0.15) is 5.69 Å². The standard InChI is InChI=1S/C10H10N4O/c1-2-7-6-9-8(3-5-15-14-13-9)12-10(7)11-4-1/h1-2,4,6,13-14H,3,5H2. The van der Waals surface area contributed by atoms with Crippen molar-refractivity contribution in [3.63, 3.8) is 0 Å². The van der Waals surface area contributed by atoms with Crippen LogP contribution < -0.4 is 11.0 Å². The Hall–Kier alpha value is -1.72. The highest BCUT2D eigenvalue weighted by Gasteiger charge is 2.10. The van der Waals surface area contributed by atoms with E-state index in [4.69, 9.17) is 4.84 Å². The first-order valence-corrected chi connectivity index (χ1v) is 4.81. The molecule has 0 aliphatic carbocycles. The van der Waals surface area contributed by atoms with E-state index in [0.29, 0.717) is 6.61 Å². The van der Waals surface area contributed by atoms with Gasteiger partial charge in [0.2, 0.25) is 0 Å². The summed E-state index contributed by atoms with van der Waals surface area (Å²) >= 11 is 0. The molecule has 0 atom stereocenters. The number of rotatable bonds is 0. The summed E-state index contributed by atoms with van der Waals surface area (Å²) in [5.41, 5.74) is 8.32. The van der Waals surface area contributed by atoms with Crippen molar-refractivity contribution in [1.29, 1.82) is 0 Å². The van der Waals surface area contributed by atoms with Gasteiger partial charge in [0.15, 0.2) is 5.65 Å². The Morgan fingerprint density at radius 3 is 3.40 bits per heavy atom. The van der Waals surface area contributed by atoms with Gasteiger partial charge in [-0.05, 0) is 18.2 Å². The molecule has 5 nitrogen and oxygen atoms in total. The van der Waals surface area contributed by atoms with E-state index >= 15 is 0 Å². The number of hydrazine groups is 1. The molecule has 0 amide bonds. The first-order valence-electron chi connectivity index (χ1n) is 4.81. The van der Waals surface area contributed by atoms with E-state index in [1.165, 1.54) is 0 Å². The van der Waals surface area contributed by atoms with Gasteiger partial charge in [-0.2, -0.15) is 0 Å². The number of pyridine rings is 2. The van der Waals surface area contributed by atoms with E-state index in [2.05, 4.69) is 21.0 Å². The molecule has 3 heterocycles. The van der Waals surface area contributed by atoms with Crippen LogP contribution in [0.25, 0.3) is 11.0 Å². The predicted molar refractivity (Wildman–Crippen MR) is 56.0 cm³/mol. The van der Waals surface area contributed by atoms with E-state index in [9.17, 15) is 0 Å². The minimum atomic E-state index is 0.603. The first-order chi connectivity index (χ1) is 7.43. The highest BCUT2D eigenvalue weighted by atomic mass is 16.7. The molecule has 2 N–H and O–H groups in total. The topological polar surface area (TPSA) is 59.1 Å². The van der Waals surface area contributed by atoms with E-state index in [1.54, 1.807) is 6.20 Å². The first kappa shape index (κ1) is 8.58. The van der Waals surface area contributed by atoms with Crippen molar-refractivity contribution in [1.82, 2.24) is 15.6 Å². The molecule has 0 saturated heterocycles. The van der Waals surface area contributed by atoms with E-state index < -0.39 is 0 Å². The zero-order chi connectivity index (χ0) is 10.1. The largest absolute Gasteiger partial charge is 0.297 e. The number of hydrogen-bond donors (Lipinski definition) is 2. The second-order valence-corrected chi connectivity index (χ2v) is 3.36. The summed E-state index contributed by atoms with van der Waals surface area (Å²) in [4.78, 5) is 13.8. The zero-order valence-corrected chi connectivity index (χ0v) is 8.03. The lowest BCUT2D eigenvalue weighted by Gasteiger charge is -2.06. The molecule has 15 heavy (non-hydrogen) atoms. The number of aromatic nitrogens is 2. The van der Waals surface area contributed by atoms with Crippen LogP contribution in [-0.4, -0.2) is 16.6 Å². The van der Waals surface area contributed by atoms with Crippen LogP contribution >= 0.6 is 0 Å². The summed E-state index contributed by atoms with van der Waals surface area (Å²) in [6.45, 7) is 0.603.